The number of carbonyl (C=O) groups excluding carboxylic acids is 3. The number of hydrogen-bond acceptors (Lipinski definition) is 4. The van der Waals surface area contributed by atoms with Crippen LogP contribution in [0.15, 0.2) is 60.7 Å². The van der Waals surface area contributed by atoms with E-state index in [1.807, 2.05) is 54.6 Å². The van der Waals surface area contributed by atoms with Crippen LogP contribution in [0.4, 0.5) is 5.69 Å². The smallest absolute Gasteiger partial charge is 0.259 e. The molecule has 1 N–H and O–H groups in total. The molecule has 0 aromatic heterocycles. The van der Waals surface area contributed by atoms with Gasteiger partial charge in [0.05, 0.1) is 12.8 Å². The Hall–Kier alpha value is -3.87. The van der Waals surface area contributed by atoms with Crippen LogP contribution >= 0.6 is 0 Å². The van der Waals surface area contributed by atoms with E-state index in [0.717, 1.165) is 53.5 Å². The molecule has 1 heterocycles. The highest BCUT2D eigenvalue weighted by atomic mass is 16.5. The SMILES string of the molecule is COc1ccc(CN(C(=O)CN2C(=O)c3cccc4cccc2c34)[C@H](C)C(=O)NC2CCCCC2)cc1. The number of nitrogens with one attached hydrogen (secondary N) is 1. The molecule has 7 nitrogen and oxygen atoms in total. The first kappa shape index (κ1) is 24.8. The highest BCUT2D eigenvalue weighted by Gasteiger charge is 2.34. The molecule has 1 aliphatic heterocycles. The zero-order valence-electron chi connectivity index (χ0n) is 21.4. The van der Waals surface area contributed by atoms with Crippen molar-refractivity contribution in [1.82, 2.24) is 10.2 Å². The first-order valence-electron chi connectivity index (χ1n) is 13.0. The molecule has 192 valence electrons. The quantitative estimate of drug-likeness (QED) is 0.488. The molecule has 0 radical (unpaired) electrons. The number of nitrogens with zero attached hydrogens (tertiary/aromatic N) is 2. The first-order chi connectivity index (χ1) is 18.0. The summed E-state index contributed by atoms with van der Waals surface area (Å²) in [5, 5.41) is 4.99. The number of rotatable bonds is 8. The van der Waals surface area contributed by atoms with Gasteiger partial charge in [0, 0.05) is 23.5 Å². The minimum Gasteiger partial charge on any atom is -0.497 e. The largest absolute Gasteiger partial charge is 0.497 e. The highest BCUT2D eigenvalue weighted by Crippen LogP contribution is 2.37. The number of benzene rings is 3. The van der Waals surface area contributed by atoms with Crippen LogP contribution in [0.1, 0.15) is 54.9 Å². The molecule has 1 saturated carbocycles. The Balaban J connectivity index is 1.39. The van der Waals surface area contributed by atoms with Crippen molar-refractivity contribution < 1.29 is 19.1 Å². The van der Waals surface area contributed by atoms with Crippen LogP contribution in [0.25, 0.3) is 10.8 Å². The summed E-state index contributed by atoms with van der Waals surface area (Å²) in [6.07, 6.45) is 5.35. The Morgan fingerprint density at radius 1 is 1.03 bits per heavy atom. The summed E-state index contributed by atoms with van der Waals surface area (Å²) < 4.78 is 5.26. The number of anilines is 1. The van der Waals surface area contributed by atoms with E-state index in [4.69, 9.17) is 4.74 Å². The standard InChI is InChI=1S/C30H33N3O4/c1-20(29(35)31-23-10-4-3-5-11-23)32(18-21-14-16-24(37-2)17-15-21)27(34)19-33-26-13-7-9-22-8-6-12-25(28(22)26)30(33)36/h6-9,12-17,20,23H,3-5,10-11,18-19H2,1-2H3,(H,31,35)/t20-/m1/s1. The summed E-state index contributed by atoms with van der Waals surface area (Å²) in [7, 11) is 1.61. The van der Waals surface area contributed by atoms with Gasteiger partial charge >= 0.3 is 0 Å². The van der Waals surface area contributed by atoms with Gasteiger partial charge in [-0.05, 0) is 55.0 Å². The minimum absolute atomic E-state index is 0.135. The molecular formula is C30H33N3O4. The average molecular weight is 500 g/mol. The fourth-order valence-electron chi connectivity index (χ4n) is 5.44. The molecule has 0 unspecified atom stereocenters. The monoisotopic (exact) mass is 499 g/mol. The molecule has 5 rings (SSSR count). The molecule has 0 saturated heterocycles. The maximum absolute atomic E-state index is 13.8. The summed E-state index contributed by atoms with van der Waals surface area (Å²) >= 11 is 0. The van der Waals surface area contributed by atoms with Crippen LogP contribution in [-0.4, -0.2) is 48.4 Å². The summed E-state index contributed by atoms with van der Waals surface area (Å²) in [6.45, 7) is 1.88. The second kappa shape index (κ2) is 10.6. The Bertz CT molecular complexity index is 1310. The number of methoxy groups -OCH3 is 1. The molecule has 37 heavy (non-hydrogen) atoms. The fraction of sp³-hybridized carbons (Fsp3) is 0.367. The topological polar surface area (TPSA) is 79.0 Å². The summed E-state index contributed by atoms with van der Waals surface area (Å²) in [4.78, 5) is 43.5. The molecule has 1 atom stereocenters. The number of carbonyl (C=O) groups is 3. The van der Waals surface area contributed by atoms with Gasteiger partial charge in [-0.25, -0.2) is 0 Å². The molecule has 1 fully saturated rings. The lowest BCUT2D eigenvalue weighted by Crippen LogP contribution is -2.52. The van der Waals surface area contributed by atoms with Crippen molar-refractivity contribution in [3.63, 3.8) is 0 Å². The lowest BCUT2D eigenvalue weighted by atomic mass is 9.95. The fourth-order valence-corrected chi connectivity index (χ4v) is 5.44. The summed E-state index contributed by atoms with van der Waals surface area (Å²) in [6, 6.07) is 18.3. The van der Waals surface area contributed by atoms with E-state index in [1.54, 1.807) is 25.0 Å². The van der Waals surface area contributed by atoms with Crippen LogP contribution in [0.3, 0.4) is 0 Å². The third-order valence-electron chi connectivity index (χ3n) is 7.57. The van der Waals surface area contributed by atoms with Crippen molar-refractivity contribution in [2.45, 2.75) is 57.7 Å². The maximum Gasteiger partial charge on any atom is 0.259 e. The number of hydrogen-bond donors (Lipinski definition) is 1. The average Bonchev–Trinajstić information content (AvgIpc) is 3.20. The molecular weight excluding hydrogens is 466 g/mol. The van der Waals surface area contributed by atoms with Gasteiger partial charge in [0.25, 0.3) is 5.91 Å². The lowest BCUT2D eigenvalue weighted by Gasteiger charge is -2.32. The Labute approximate surface area is 217 Å². The van der Waals surface area contributed by atoms with E-state index in [9.17, 15) is 14.4 Å². The lowest BCUT2D eigenvalue weighted by molar-refractivity contribution is -0.139. The maximum atomic E-state index is 13.8. The van der Waals surface area contributed by atoms with Crippen LogP contribution in [0.2, 0.25) is 0 Å². The molecule has 1 aliphatic carbocycles. The van der Waals surface area contributed by atoms with Crippen LogP contribution in [-0.2, 0) is 16.1 Å². The predicted octanol–water partition coefficient (Wildman–Crippen LogP) is 4.67. The summed E-state index contributed by atoms with van der Waals surface area (Å²) in [5.41, 5.74) is 2.21. The highest BCUT2D eigenvalue weighted by molar-refractivity contribution is 6.26. The predicted molar refractivity (Wildman–Crippen MR) is 144 cm³/mol. The minimum atomic E-state index is -0.688. The van der Waals surface area contributed by atoms with Crippen molar-refractivity contribution in [2.75, 3.05) is 18.6 Å². The number of amides is 3. The van der Waals surface area contributed by atoms with Crippen molar-refractivity contribution in [3.05, 3.63) is 71.8 Å². The van der Waals surface area contributed by atoms with Gasteiger partial charge in [-0.3, -0.25) is 19.3 Å². The molecule has 2 aliphatic rings. The van der Waals surface area contributed by atoms with Gasteiger partial charge in [0.2, 0.25) is 11.8 Å². The molecule has 3 aromatic rings. The van der Waals surface area contributed by atoms with Gasteiger partial charge < -0.3 is 15.0 Å². The zero-order chi connectivity index (χ0) is 25.9. The molecule has 0 bridgehead atoms. The summed E-state index contributed by atoms with van der Waals surface area (Å²) in [5.74, 6) is 0.0919. The zero-order valence-corrected chi connectivity index (χ0v) is 21.4. The molecule has 7 heteroatoms. The van der Waals surface area contributed by atoms with Crippen molar-refractivity contribution in [2.24, 2.45) is 0 Å². The normalized spacial score (nSPS) is 16.1. The van der Waals surface area contributed by atoms with Crippen LogP contribution in [0.5, 0.6) is 5.75 Å². The van der Waals surface area contributed by atoms with Gasteiger partial charge in [-0.1, -0.05) is 55.7 Å². The van der Waals surface area contributed by atoms with Gasteiger partial charge in [0.1, 0.15) is 18.3 Å². The number of ether oxygens (including phenoxy) is 1. The van der Waals surface area contributed by atoms with Crippen LogP contribution < -0.4 is 15.0 Å². The van der Waals surface area contributed by atoms with Crippen LogP contribution in [0, 0.1) is 0 Å². The van der Waals surface area contributed by atoms with Gasteiger partial charge in [-0.2, -0.15) is 0 Å². The second-order valence-electron chi connectivity index (χ2n) is 9.96. The van der Waals surface area contributed by atoms with E-state index in [1.165, 1.54) is 11.3 Å². The molecule has 0 spiro atoms. The van der Waals surface area contributed by atoms with E-state index in [2.05, 4.69) is 5.32 Å². The third kappa shape index (κ3) is 5.03. The Morgan fingerprint density at radius 2 is 1.73 bits per heavy atom. The first-order valence-corrected chi connectivity index (χ1v) is 13.0. The molecule has 3 amide bonds. The Kier molecular flexibility index (Phi) is 7.12. The Morgan fingerprint density at radius 3 is 2.43 bits per heavy atom. The van der Waals surface area contributed by atoms with E-state index < -0.39 is 6.04 Å². The van der Waals surface area contributed by atoms with Crippen molar-refractivity contribution in [1.29, 1.82) is 0 Å². The third-order valence-corrected chi connectivity index (χ3v) is 7.57. The van der Waals surface area contributed by atoms with Crippen molar-refractivity contribution >= 4 is 34.2 Å². The van der Waals surface area contributed by atoms with Gasteiger partial charge in [-0.15, -0.1) is 0 Å². The van der Waals surface area contributed by atoms with E-state index in [0.29, 0.717) is 5.56 Å². The molecule has 3 aromatic carbocycles. The van der Waals surface area contributed by atoms with E-state index in [-0.39, 0.29) is 36.9 Å². The second-order valence-corrected chi connectivity index (χ2v) is 9.96. The van der Waals surface area contributed by atoms with Crippen molar-refractivity contribution in [3.8, 4) is 5.75 Å². The van der Waals surface area contributed by atoms with Gasteiger partial charge in [0.15, 0.2) is 0 Å². The van der Waals surface area contributed by atoms with E-state index >= 15 is 0 Å².